The van der Waals surface area contributed by atoms with Crippen molar-refractivity contribution in [2.45, 2.75) is 69.7 Å². The lowest BCUT2D eigenvalue weighted by molar-refractivity contribution is -0.0364. The van der Waals surface area contributed by atoms with Crippen LogP contribution in [-0.2, 0) is 4.74 Å². The summed E-state index contributed by atoms with van der Waals surface area (Å²) in [5.74, 6) is 3.07. The summed E-state index contributed by atoms with van der Waals surface area (Å²) in [7, 11) is 1.33. The van der Waals surface area contributed by atoms with E-state index in [4.69, 9.17) is 9.72 Å². The Labute approximate surface area is 264 Å². The Morgan fingerprint density at radius 2 is 1.69 bits per heavy atom. The number of phenols is 1. The Balaban J connectivity index is 1.15. The molecule has 4 aromatic rings. The predicted molar refractivity (Wildman–Crippen MR) is 174 cm³/mol. The summed E-state index contributed by atoms with van der Waals surface area (Å²) in [4.78, 5) is 22.8. The number of likely N-dealkylation sites (tertiary alicyclic amines) is 1. The fourth-order valence-electron chi connectivity index (χ4n) is 8.04. The molecule has 1 saturated carbocycles. The molecule has 2 bridgehead atoms. The molecule has 4 N–H and O–H groups in total. The minimum atomic E-state index is -0.990. The molecule has 3 unspecified atom stereocenters. The van der Waals surface area contributed by atoms with Crippen LogP contribution in [0.1, 0.15) is 86.0 Å². The second-order valence-corrected chi connectivity index (χ2v) is 13.3. The second kappa shape index (κ2) is 12.0. The summed E-state index contributed by atoms with van der Waals surface area (Å²) < 4.78 is 4.91. The summed E-state index contributed by atoms with van der Waals surface area (Å²) in [6.45, 7) is 5.10. The van der Waals surface area contributed by atoms with E-state index in [1.165, 1.54) is 36.6 Å². The van der Waals surface area contributed by atoms with Crippen LogP contribution in [0.2, 0.25) is 0 Å². The average Bonchev–Trinajstić information content (AvgIpc) is 3.88. The van der Waals surface area contributed by atoms with Gasteiger partial charge in [-0.05, 0) is 83.2 Å². The van der Waals surface area contributed by atoms with Crippen LogP contribution >= 0.6 is 0 Å². The van der Waals surface area contributed by atoms with Crippen LogP contribution in [0.25, 0.3) is 22.4 Å². The third-order valence-electron chi connectivity index (χ3n) is 10.5. The number of H-pyrrole nitrogens is 1. The van der Waals surface area contributed by atoms with Crippen molar-refractivity contribution in [3.63, 3.8) is 0 Å². The number of phenolic OH excluding ortho intramolecular Hbond substituents is 1. The number of methoxy groups -OCH3 is 1. The Bertz CT molecular complexity index is 1670. The van der Waals surface area contributed by atoms with Crippen LogP contribution < -0.4 is 5.32 Å². The molecule has 7 rings (SSSR count). The Hall–Kier alpha value is -4.14. The van der Waals surface area contributed by atoms with Crippen molar-refractivity contribution < 1.29 is 19.7 Å². The predicted octanol–water partition coefficient (Wildman–Crippen LogP) is 7.25. The molecular formula is C37H42N4O4. The number of aliphatic hydroxyl groups is 1. The number of hydrogen-bond acceptors (Lipinski definition) is 6. The van der Waals surface area contributed by atoms with Gasteiger partial charge in [-0.1, -0.05) is 74.5 Å². The van der Waals surface area contributed by atoms with E-state index in [9.17, 15) is 15.0 Å². The molecule has 0 spiro atoms. The quantitative estimate of drug-likeness (QED) is 0.168. The van der Waals surface area contributed by atoms with Crippen molar-refractivity contribution >= 4 is 6.09 Å². The third-order valence-corrected chi connectivity index (χ3v) is 10.5. The van der Waals surface area contributed by atoms with E-state index < -0.39 is 18.4 Å². The number of imidazole rings is 1. The first-order chi connectivity index (χ1) is 21.8. The molecule has 1 amide bonds. The molecule has 2 heterocycles. The number of carbonyl (C=O) groups excluding carboxylic acids is 1. The topological polar surface area (TPSA) is 111 Å². The Morgan fingerprint density at radius 1 is 0.978 bits per heavy atom. The average molecular weight is 607 g/mol. The zero-order chi connectivity index (χ0) is 31.2. The van der Waals surface area contributed by atoms with E-state index in [0.29, 0.717) is 36.0 Å². The molecular weight excluding hydrogens is 564 g/mol. The highest BCUT2D eigenvalue weighted by atomic mass is 16.5. The maximum Gasteiger partial charge on any atom is 0.407 e. The first-order valence-electron chi connectivity index (χ1n) is 16.2. The van der Waals surface area contributed by atoms with Crippen molar-refractivity contribution in [1.29, 1.82) is 0 Å². The molecule has 3 aliphatic rings. The molecule has 2 fully saturated rings. The fourth-order valence-corrected chi connectivity index (χ4v) is 8.04. The number of nitrogens with zero attached hydrogens (tertiary/aromatic N) is 2. The molecule has 45 heavy (non-hydrogen) atoms. The second-order valence-electron chi connectivity index (χ2n) is 13.3. The van der Waals surface area contributed by atoms with Crippen LogP contribution in [0.4, 0.5) is 4.79 Å². The summed E-state index contributed by atoms with van der Waals surface area (Å²) in [5, 5.41) is 25.3. The SMILES string of the molecule is COC(=O)N[C@H](c1ccccc1)C(O)N1C[C@@H](C(C)C)C[C@H]1c1ncc(-c2ccc(-c3ccc(O)c4c3C3CCC4C3)cc2)[nH]1. The van der Waals surface area contributed by atoms with Crippen molar-refractivity contribution in [3.8, 4) is 28.1 Å². The van der Waals surface area contributed by atoms with Crippen molar-refractivity contribution in [3.05, 3.63) is 95.4 Å². The van der Waals surface area contributed by atoms with E-state index >= 15 is 0 Å². The van der Waals surface area contributed by atoms with E-state index in [2.05, 4.69) is 59.4 Å². The molecule has 234 valence electrons. The minimum Gasteiger partial charge on any atom is -0.508 e. The number of carbonyl (C=O) groups is 1. The van der Waals surface area contributed by atoms with Gasteiger partial charge in [-0.25, -0.2) is 9.78 Å². The lowest BCUT2D eigenvalue weighted by atomic mass is 9.85. The number of aromatic amines is 1. The molecule has 6 atom stereocenters. The first-order valence-corrected chi connectivity index (χ1v) is 16.2. The summed E-state index contributed by atoms with van der Waals surface area (Å²) >= 11 is 0. The number of aromatic nitrogens is 2. The maximum absolute atomic E-state index is 12.3. The molecule has 1 aliphatic heterocycles. The van der Waals surface area contributed by atoms with Crippen LogP contribution in [0.5, 0.6) is 5.75 Å². The van der Waals surface area contributed by atoms with Gasteiger partial charge in [-0.3, -0.25) is 4.90 Å². The van der Waals surface area contributed by atoms with Gasteiger partial charge in [0.05, 0.1) is 31.1 Å². The van der Waals surface area contributed by atoms with Gasteiger partial charge in [0.2, 0.25) is 0 Å². The van der Waals surface area contributed by atoms with Crippen molar-refractivity contribution in [2.24, 2.45) is 11.8 Å². The van der Waals surface area contributed by atoms with E-state index in [-0.39, 0.29) is 6.04 Å². The highest BCUT2D eigenvalue weighted by Gasteiger charge is 2.43. The molecule has 1 saturated heterocycles. The summed E-state index contributed by atoms with van der Waals surface area (Å²) in [6, 6.07) is 21.2. The van der Waals surface area contributed by atoms with Crippen LogP contribution in [-0.4, -0.2) is 51.1 Å². The molecule has 2 aliphatic carbocycles. The highest BCUT2D eigenvalue weighted by molar-refractivity contribution is 5.75. The lowest BCUT2D eigenvalue weighted by Gasteiger charge is -2.34. The summed E-state index contributed by atoms with van der Waals surface area (Å²) in [6.07, 6.45) is 4.67. The lowest BCUT2D eigenvalue weighted by Crippen LogP contribution is -2.46. The van der Waals surface area contributed by atoms with Crippen LogP contribution in [0.3, 0.4) is 0 Å². The standard InChI is InChI=1S/C37H42N4O4/c1-21(2)27-18-30(41(20-27)36(43)34(40-37(44)45-3)24-7-5-4-6-8-24)35-38-19-29(39-35)23-11-9-22(10-12-23)28-15-16-31(42)33-26-14-13-25(17-26)32(28)33/h4-12,15-16,19,21,25-27,30,34,36,42-43H,13-14,17-18,20H2,1-3H3,(H,38,39)(H,40,44)/t25?,26?,27-,30-,34+,36?/m0/s1. The number of fused-ring (bicyclic) bond motifs is 5. The van der Waals surface area contributed by atoms with Crippen molar-refractivity contribution in [2.75, 3.05) is 13.7 Å². The van der Waals surface area contributed by atoms with Gasteiger partial charge >= 0.3 is 6.09 Å². The Morgan fingerprint density at radius 3 is 2.40 bits per heavy atom. The Kier molecular flexibility index (Phi) is 7.88. The normalized spacial score (nSPS) is 23.7. The molecule has 3 aromatic carbocycles. The van der Waals surface area contributed by atoms with E-state index in [1.54, 1.807) is 0 Å². The molecule has 0 radical (unpaired) electrons. The van der Waals surface area contributed by atoms with Crippen LogP contribution in [0.15, 0.2) is 72.9 Å². The first kappa shape index (κ1) is 29.6. The number of rotatable bonds is 8. The zero-order valence-electron chi connectivity index (χ0n) is 26.1. The van der Waals surface area contributed by atoms with Gasteiger partial charge in [-0.15, -0.1) is 0 Å². The number of amides is 1. The largest absolute Gasteiger partial charge is 0.508 e. The number of aromatic hydroxyl groups is 1. The number of ether oxygens (including phenoxy) is 1. The van der Waals surface area contributed by atoms with Crippen molar-refractivity contribution in [1.82, 2.24) is 20.2 Å². The molecule has 8 nitrogen and oxygen atoms in total. The number of aliphatic hydroxyl groups excluding tert-OH is 1. The summed E-state index contributed by atoms with van der Waals surface area (Å²) in [5.41, 5.74) is 7.67. The molecule has 1 aromatic heterocycles. The smallest absolute Gasteiger partial charge is 0.407 e. The number of nitrogens with one attached hydrogen (secondary N) is 2. The number of hydrogen-bond donors (Lipinski definition) is 4. The molecule has 8 heteroatoms. The van der Waals surface area contributed by atoms with Gasteiger partial charge in [-0.2, -0.15) is 0 Å². The highest BCUT2D eigenvalue weighted by Crippen LogP contribution is 2.58. The van der Waals surface area contributed by atoms with Crippen LogP contribution in [0, 0.1) is 11.8 Å². The maximum atomic E-state index is 12.3. The van der Waals surface area contributed by atoms with Gasteiger partial charge in [0, 0.05) is 12.1 Å². The minimum absolute atomic E-state index is 0.152. The monoisotopic (exact) mass is 606 g/mol. The fraction of sp³-hybridized carbons (Fsp3) is 0.405. The number of benzene rings is 3. The van der Waals surface area contributed by atoms with E-state index in [0.717, 1.165) is 41.1 Å². The number of alkyl carbamates (subject to hydrolysis) is 1. The van der Waals surface area contributed by atoms with Gasteiger partial charge in [0.25, 0.3) is 0 Å². The zero-order valence-corrected chi connectivity index (χ0v) is 26.1. The van der Waals surface area contributed by atoms with Gasteiger partial charge < -0.3 is 25.3 Å². The van der Waals surface area contributed by atoms with Gasteiger partial charge in [0.15, 0.2) is 0 Å². The van der Waals surface area contributed by atoms with E-state index in [1.807, 2.05) is 42.6 Å². The third kappa shape index (κ3) is 5.40. The van der Waals surface area contributed by atoms with Gasteiger partial charge in [0.1, 0.15) is 17.8 Å².